The third-order valence-electron chi connectivity index (χ3n) is 7.28. The van der Waals surface area contributed by atoms with Gasteiger partial charge in [-0.1, -0.05) is 0 Å². The van der Waals surface area contributed by atoms with Crippen LogP contribution in [0, 0.1) is 0 Å². The van der Waals surface area contributed by atoms with Gasteiger partial charge in [-0.15, -0.1) is 0 Å². The van der Waals surface area contributed by atoms with Gasteiger partial charge in [0.25, 0.3) is 0 Å². The maximum atomic E-state index is 4.77. The Bertz CT molecular complexity index is 369. The Morgan fingerprint density at radius 2 is 0.538 bits per heavy atom. The molecule has 0 atom stereocenters. The Morgan fingerprint density at radius 3 is 0.731 bits per heavy atom. The molecule has 0 bridgehead atoms. The van der Waals surface area contributed by atoms with Gasteiger partial charge in [0.1, 0.15) is 0 Å². The van der Waals surface area contributed by atoms with Crippen LogP contribution in [0.3, 0.4) is 0 Å². The van der Waals surface area contributed by atoms with E-state index in [1.807, 2.05) is 0 Å². The van der Waals surface area contributed by atoms with E-state index < -0.39 is 5.91 Å². The van der Waals surface area contributed by atoms with Crippen LogP contribution >= 0.6 is 21.4 Å². The van der Waals surface area contributed by atoms with Crippen molar-refractivity contribution in [2.75, 3.05) is 52.4 Å². The van der Waals surface area contributed by atoms with E-state index in [1.54, 1.807) is 0 Å². The van der Waals surface area contributed by atoms with E-state index >= 15 is 0 Å². The monoisotopic (exact) mass is 446 g/mol. The van der Waals surface area contributed by atoms with Gasteiger partial charge in [-0.25, -0.2) is 0 Å². The minimum atomic E-state index is -2.56. The van der Waals surface area contributed by atoms with E-state index in [4.69, 9.17) is 15.5 Å². The third-order valence-corrected chi connectivity index (χ3v) is 18.1. The van der Waals surface area contributed by atoms with Crippen LogP contribution in [0.1, 0.15) is 77.0 Å². The predicted octanol–water partition coefficient (Wildman–Crippen LogP) is 5.45. The molecule has 0 unspecified atom stereocenters. The summed E-state index contributed by atoms with van der Waals surface area (Å²) in [6.45, 7) is 10.4. The van der Waals surface area contributed by atoms with Gasteiger partial charge in [-0.3, -0.25) is 0 Å². The second-order valence-corrected chi connectivity index (χ2v) is 16.6. The Balaban J connectivity index is 1.79. The SMILES string of the molecule is BrP(N1CCCCC1)(N1CCCCC1)(N1CCCCC1)N1CCCCC1. The molecular formula is C20H40BrN4P. The summed E-state index contributed by atoms with van der Waals surface area (Å²) >= 11 is 4.77. The van der Waals surface area contributed by atoms with Crippen molar-refractivity contribution >= 4 is 21.4 Å². The molecular weight excluding hydrogens is 407 g/mol. The van der Waals surface area contributed by atoms with Gasteiger partial charge in [-0.05, 0) is 0 Å². The first kappa shape index (κ1) is 20.0. The third kappa shape index (κ3) is 3.33. The Hall–Kier alpha value is 0.750. The number of rotatable bonds is 4. The Kier molecular flexibility index (Phi) is 6.65. The van der Waals surface area contributed by atoms with E-state index in [9.17, 15) is 0 Å². The van der Waals surface area contributed by atoms with Crippen LogP contribution in [-0.4, -0.2) is 71.0 Å². The van der Waals surface area contributed by atoms with Gasteiger partial charge in [0.05, 0.1) is 0 Å². The Morgan fingerprint density at radius 1 is 0.346 bits per heavy atom. The summed E-state index contributed by atoms with van der Waals surface area (Å²) in [7, 11) is 0. The molecule has 0 radical (unpaired) electrons. The molecule has 4 fully saturated rings. The van der Waals surface area contributed by atoms with Crippen LogP contribution in [0.25, 0.3) is 0 Å². The Labute approximate surface area is 169 Å². The van der Waals surface area contributed by atoms with Gasteiger partial charge in [0, 0.05) is 0 Å². The minimum absolute atomic E-state index is 1.30. The van der Waals surface area contributed by atoms with Crippen molar-refractivity contribution in [1.29, 1.82) is 0 Å². The first-order chi connectivity index (χ1) is 12.7. The molecule has 0 aromatic carbocycles. The maximum absolute atomic E-state index is 4.77. The van der Waals surface area contributed by atoms with Crippen LogP contribution in [0.2, 0.25) is 0 Å². The van der Waals surface area contributed by atoms with Crippen LogP contribution in [0.15, 0.2) is 0 Å². The molecule has 152 valence electrons. The molecule has 0 saturated carbocycles. The molecule has 4 rings (SSSR count). The molecule has 0 aromatic heterocycles. The number of piperidine rings is 4. The second kappa shape index (κ2) is 8.63. The van der Waals surface area contributed by atoms with Crippen molar-refractivity contribution in [3.8, 4) is 0 Å². The number of nitrogens with zero attached hydrogens (tertiary/aromatic N) is 4. The topological polar surface area (TPSA) is 13.0 Å². The zero-order valence-electron chi connectivity index (χ0n) is 16.8. The van der Waals surface area contributed by atoms with Gasteiger partial charge in [0.2, 0.25) is 0 Å². The fourth-order valence-electron chi connectivity index (χ4n) is 5.96. The molecule has 4 aliphatic rings. The summed E-state index contributed by atoms with van der Waals surface area (Å²) in [5.41, 5.74) is 0. The second-order valence-electron chi connectivity index (χ2n) is 8.90. The quantitative estimate of drug-likeness (QED) is 0.531. The molecule has 0 aromatic rings. The number of hydrogen-bond donors (Lipinski definition) is 0. The van der Waals surface area contributed by atoms with Gasteiger partial charge < -0.3 is 0 Å². The fraction of sp³-hybridized carbons (Fsp3) is 1.00. The molecule has 0 N–H and O–H groups in total. The van der Waals surface area contributed by atoms with Gasteiger partial charge >= 0.3 is 169 Å². The normalized spacial score (nSPS) is 30.7. The molecule has 4 aliphatic heterocycles. The number of hydrogen-bond acceptors (Lipinski definition) is 4. The van der Waals surface area contributed by atoms with E-state index in [0.717, 1.165) is 0 Å². The molecule has 26 heavy (non-hydrogen) atoms. The van der Waals surface area contributed by atoms with Gasteiger partial charge in [-0.2, -0.15) is 0 Å². The first-order valence-corrected chi connectivity index (χ1v) is 15.6. The van der Waals surface area contributed by atoms with E-state index in [-0.39, 0.29) is 0 Å². The predicted molar refractivity (Wildman–Crippen MR) is 118 cm³/mol. The van der Waals surface area contributed by atoms with Crippen LogP contribution in [0.4, 0.5) is 0 Å². The average molecular weight is 447 g/mol. The molecule has 4 nitrogen and oxygen atoms in total. The summed E-state index contributed by atoms with van der Waals surface area (Å²) in [6, 6.07) is 0. The zero-order valence-corrected chi connectivity index (χ0v) is 19.2. The standard InChI is InChI=1S/C20H40BrN4P/c21-26(22-13-5-1-6-14-22,23-15-7-2-8-16-23,24-17-9-3-10-18-24)25-19-11-4-12-20-25/h1-20H2. The van der Waals surface area contributed by atoms with Gasteiger partial charge in [0.15, 0.2) is 0 Å². The average Bonchev–Trinajstić information content (AvgIpc) is 2.76. The van der Waals surface area contributed by atoms with E-state index in [1.165, 1.54) is 129 Å². The summed E-state index contributed by atoms with van der Waals surface area (Å²) < 4.78 is 12.0. The van der Waals surface area contributed by atoms with Crippen LogP contribution in [0.5, 0.6) is 0 Å². The summed E-state index contributed by atoms with van der Waals surface area (Å²) in [6.07, 6.45) is 16.8. The zero-order chi connectivity index (χ0) is 17.9. The van der Waals surface area contributed by atoms with Crippen molar-refractivity contribution in [2.45, 2.75) is 77.0 Å². The van der Waals surface area contributed by atoms with Crippen molar-refractivity contribution in [2.24, 2.45) is 0 Å². The van der Waals surface area contributed by atoms with Crippen LogP contribution in [-0.2, 0) is 0 Å². The molecule has 6 heteroatoms. The fourth-order valence-corrected chi connectivity index (χ4v) is 15.8. The van der Waals surface area contributed by atoms with Crippen molar-refractivity contribution < 1.29 is 0 Å². The molecule has 4 saturated heterocycles. The molecule has 0 spiro atoms. The summed E-state index contributed by atoms with van der Waals surface area (Å²) in [5, 5.41) is 0. The van der Waals surface area contributed by atoms with E-state index in [0.29, 0.717) is 0 Å². The molecule has 0 aliphatic carbocycles. The van der Waals surface area contributed by atoms with Crippen molar-refractivity contribution in [1.82, 2.24) is 18.7 Å². The van der Waals surface area contributed by atoms with Crippen molar-refractivity contribution in [3.63, 3.8) is 0 Å². The number of halogens is 1. The first-order valence-electron chi connectivity index (χ1n) is 11.5. The van der Waals surface area contributed by atoms with Crippen molar-refractivity contribution in [3.05, 3.63) is 0 Å². The molecule has 0 amide bonds. The summed E-state index contributed by atoms with van der Waals surface area (Å²) in [5.74, 6) is -2.56. The van der Waals surface area contributed by atoms with Crippen LogP contribution < -0.4 is 0 Å². The van der Waals surface area contributed by atoms with E-state index in [2.05, 4.69) is 18.7 Å². The summed E-state index contributed by atoms with van der Waals surface area (Å²) in [4.78, 5) is 0. The molecule has 4 heterocycles.